The highest BCUT2D eigenvalue weighted by Gasteiger charge is 2.79. The molecule has 5 aliphatic carbocycles. The lowest BCUT2D eigenvalue weighted by molar-refractivity contribution is -0.117. The number of allylic oxidation sites excluding steroid dienone is 1. The number of aliphatic hydroxyl groups is 1. The molecular formula is C22H32O2. The van der Waals surface area contributed by atoms with Gasteiger partial charge in [0.2, 0.25) is 0 Å². The molecule has 0 aromatic heterocycles. The predicted octanol–water partition coefficient (Wildman–Crippen LogP) is 4.23. The van der Waals surface area contributed by atoms with Gasteiger partial charge in [-0.15, -0.1) is 0 Å². The molecule has 0 amide bonds. The van der Waals surface area contributed by atoms with Gasteiger partial charge in [-0.1, -0.05) is 26.3 Å². The first-order chi connectivity index (χ1) is 11.4. The van der Waals surface area contributed by atoms with Gasteiger partial charge in [0.25, 0.3) is 0 Å². The van der Waals surface area contributed by atoms with Crippen molar-refractivity contribution >= 4 is 5.78 Å². The van der Waals surface area contributed by atoms with Crippen LogP contribution in [0.1, 0.15) is 59.3 Å². The molecule has 0 bridgehead atoms. The Morgan fingerprint density at radius 1 is 1.29 bits per heavy atom. The Labute approximate surface area is 146 Å². The van der Waals surface area contributed by atoms with Crippen molar-refractivity contribution in [3.8, 4) is 0 Å². The molecule has 0 saturated heterocycles. The Morgan fingerprint density at radius 3 is 2.83 bits per heavy atom. The lowest BCUT2D eigenvalue weighted by Crippen LogP contribution is -2.52. The number of fused-ring (bicyclic) bond motifs is 3. The third kappa shape index (κ3) is 1.60. The summed E-state index contributed by atoms with van der Waals surface area (Å²) < 4.78 is 0. The molecule has 132 valence electrons. The summed E-state index contributed by atoms with van der Waals surface area (Å²) in [5.41, 5.74) is 2.35. The van der Waals surface area contributed by atoms with Gasteiger partial charge in [-0.3, -0.25) is 4.79 Å². The Morgan fingerprint density at radius 2 is 2.08 bits per heavy atom. The number of rotatable bonds is 1. The monoisotopic (exact) mass is 328 g/mol. The average Bonchev–Trinajstić information content (AvgIpc) is 3.23. The number of aliphatic hydroxyl groups excluding tert-OH is 1. The number of carbonyl (C=O) groups is 1. The molecule has 0 aromatic rings. The van der Waals surface area contributed by atoms with Crippen LogP contribution in [0.25, 0.3) is 0 Å². The first-order valence-corrected chi connectivity index (χ1v) is 10.3. The summed E-state index contributed by atoms with van der Waals surface area (Å²) in [7, 11) is 0. The lowest BCUT2D eigenvalue weighted by Gasteiger charge is -2.58. The standard InChI is InChI=1S/C22H32O2/c1-12-8-14-9-15(24)4-5-16(14)17-6-7-21(3)19(11-23)13(2)18-10-22(18,21)20(12)17/h9,12-13,16-20,23H,4-8,10-11H2,1-3H3/t12-,13?,16+,17-,18?,19-,20-,21-,22-/m1/s1. The Balaban J connectivity index is 1.56. The molecule has 0 radical (unpaired) electrons. The van der Waals surface area contributed by atoms with E-state index in [9.17, 15) is 9.90 Å². The minimum absolute atomic E-state index is 0.354. The third-order valence-corrected chi connectivity index (χ3v) is 9.67. The van der Waals surface area contributed by atoms with Crippen molar-refractivity contribution in [3.05, 3.63) is 11.6 Å². The van der Waals surface area contributed by atoms with Crippen LogP contribution in [0.5, 0.6) is 0 Å². The van der Waals surface area contributed by atoms with Crippen LogP contribution < -0.4 is 0 Å². The van der Waals surface area contributed by atoms with Crippen molar-refractivity contribution in [2.45, 2.75) is 59.3 Å². The third-order valence-electron chi connectivity index (χ3n) is 9.67. The highest BCUT2D eigenvalue weighted by molar-refractivity contribution is 5.91. The van der Waals surface area contributed by atoms with Crippen molar-refractivity contribution in [2.24, 2.45) is 52.3 Å². The van der Waals surface area contributed by atoms with Crippen molar-refractivity contribution in [1.82, 2.24) is 0 Å². The topological polar surface area (TPSA) is 37.3 Å². The summed E-state index contributed by atoms with van der Waals surface area (Å²) in [4.78, 5) is 11.9. The molecule has 9 atom stereocenters. The molecule has 0 aliphatic heterocycles. The fraction of sp³-hybridized carbons (Fsp3) is 0.864. The van der Waals surface area contributed by atoms with Gasteiger partial charge in [0.15, 0.2) is 5.78 Å². The first kappa shape index (κ1) is 15.6. The zero-order valence-electron chi connectivity index (χ0n) is 15.4. The highest BCUT2D eigenvalue weighted by atomic mass is 16.3. The first-order valence-electron chi connectivity index (χ1n) is 10.3. The maximum atomic E-state index is 11.9. The number of carbonyl (C=O) groups excluding carboxylic acids is 1. The number of hydrogen-bond donors (Lipinski definition) is 1. The minimum Gasteiger partial charge on any atom is -0.396 e. The Hall–Kier alpha value is -0.630. The van der Waals surface area contributed by atoms with E-state index in [1.807, 2.05) is 6.08 Å². The largest absolute Gasteiger partial charge is 0.396 e. The van der Waals surface area contributed by atoms with Gasteiger partial charge in [-0.05, 0) is 90.4 Å². The fourth-order valence-electron chi connectivity index (χ4n) is 8.85. The molecule has 0 aromatic carbocycles. The molecule has 2 unspecified atom stereocenters. The van der Waals surface area contributed by atoms with E-state index < -0.39 is 0 Å². The second kappa shape index (κ2) is 4.75. The van der Waals surface area contributed by atoms with E-state index in [1.165, 1.54) is 24.8 Å². The second-order valence-corrected chi connectivity index (χ2v) is 10.2. The summed E-state index contributed by atoms with van der Waals surface area (Å²) in [5, 5.41) is 10.1. The van der Waals surface area contributed by atoms with Crippen LogP contribution in [0.3, 0.4) is 0 Å². The summed E-state index contributed by atoms with van der Waals surface area (Å²) in [6.07, 6.45) is 9.08. The van der Waals surface area contributed by atoms with Crippen molar-refractivity contribution in [3.63, 3.8) is 0 Å². The molecule has 4 fully saturated rings. The normalized spacial score (nSPS) is 58.2. The maximum Gasteiger partial charge on any atom is 0.155 e. The zero-order chi connectivity index (χ0) is 16.9. The van der Waals surface area contributed by atoms with Crippen LogP contribution >= 0.6 is 0 Å². The molecular weight excluding hydrogens is 296 g/mol. The van der Waals surface area contributed by atoms with E-state index in [0.29, 0.717) is 46.9 Å². The van der Waals surface area contributed by atoms with Gasteiger partial charge in [0.1, 0.15) is 0 Å². The van der Waals surface area contributed by atoms with Crippen molar-refractivity contribution in [1.29, 1.82) is 0 Å². The van der Waals surface area contributed by atoms with Crippen LogP contribution in [0.15, 0.2) is 11.6 Å². The fourth-order valence-corrected chi connectivity index (χ4v) is 8.85. The van der Waals surface area contributed by atoms with E-state index in [2.05, 4.69) is 20.8 Å². The van der Waals surface area contributed by atoms with E-state index in [1.54, 1.807) is 0 Å². The van der Waals surface area contributed by atoms with Crippen LogP contribution in [0.2, 0.25) is 0 Å². The lowest BCUT2D eigenvalue weighted by atomic mass is 9.46. The molecule has 2 nitrogen and oxygen atoms in total. The SMILES string of the molecule is CC1C2C[C@]23[C@H]2[C@H](CC[C@]3(C)[C@@H]1CO)[C@H]1CCC(=O)C=C1C[C@H]2C. The van der Waals surface area contributed by atoms with Crippen LogP contribution in [-0.4, -0.2) is 17.5 Å². The highest BCUT2D eigenvalue weighted by Crippen LogP contribution is 2.84. The molecule has 4 saturated carbocycles. The van der Waals surface area contributed by atoms with Gasteiger partial charge >= 0.3 is 0 Å². The number of ketones is 1. The predicted molar refractivity (Wildman–Crippen MR) is 94.2 cm³/mol. The van der Waals surface area contributed by atoms with E-state index in [0.717, 1.165) is 37.0 Å². The van der Waals surface area contributed by atoms with Gasteiger partial charge in [-0.2, -0.15) is 0 Å². The van der Waals surface area contributed by atoms with Crippen molar-refractivity contribution in [2.75, 3.05) is 6.61 Å². The Kier molecular flexibility index (Phi) is 3.09. The summed E-state index contributed by atoms with van der Waals surface area (Å²) in [6, 6.07) is 0. The molecule has 1 N–H and O–H groups in total. The quantitative estimate of drug-likeness (QED) is 0.782. The minimum atomic E-state index is 0.354. The zero-order valence-corrected chi connectivity index (χ0v) is 15.4. The van der Waals surface area contributed by atoms with Crippen LogP contribution in [0.4, 0.5) is 0 Å². The van der Waals surface area contributed by atoms with E-state index in [4.69, 9.17) is 0 Å². The summed E-state index contributed by atoms with van der Waals surface area (Å²) in [5.74, 6) is 5.44. The van der Waals surface area contributed by atoms with E-state index in [-0.39, 0.29) is 0 Å². The Bertz CT molecular complexity index is 621. The molecule has 5 aliphatic rings. The van der Waals surface area contributed by atoms with E-state index >= 15 is 0 Å². The van der Waals surface area contributed by atoms with Crippen LogP contribution in [0, 0.1) is 52.3 Å². The molecule has 5 rings (SSSR count). The summed E-state index contributed by atoms with van der Waals surface area (Å²) >= 11 is 0. The number of hydrogen-bond acceptors (Lipinski definition) is 2. The molecule has 0 heterocycles. The van der Waals surface area contributed by atoms with Gasteiger partial charge in [0, 0.05) is 13.0 Å². The molecule has 2 heteroatoms. The smallest absolute Gasteiger partial charge is 0.155 e. The molecule has 24 heavy (non-hydrogen) atoms. The average molecular weight is 328 g/mol. The maximum absolute atomic E-state index is 11.9. The van der Waals surface area contributed by atoms with Crippen molar-refractivity contribution < 1.29 is 9.90 Å². The van der Waals surface area contributed by atoms with Gasteiger partial charge < -0.3 is 5.11 Å². The molecule has 1 spiro atoms. The van der Waals surface area contributed by atoms with Gasteiger partial charge in [-0.25, -0.2) is 0 Å². The van der Waals surface area contributed by atoms with Gasteiger partial charge in [0.05, 0.1) is 0 Å². The summed E-state index contributed by atoms with van der Waals surface area (Å²) in [6.45, 7) is 7.78. The van der Waals surface area contributed by atoms with Crippen LogP contribution in [-0.2, 0) is 4.79 Å². The second-order valence-electron chi connectivity index (χ2n) is 10.2.